The van der Waals surface area contributed by atoms with Gasteiger partial charge in [0.25, 0.3) is 5.56 Å². The van der Waals surface area contributed by atoms with Crippen LogP contribution in [0.5, 0.6) is 5.75 Å². The number of pyridine rings is 1. The van der Waals surface area contributed by atoms with Crippen molar-refractivity contribution in [1.29, 1.82) is 0 Å². The Hall–Kier alpha value is -3.26. The van der Waals surface area contributed by atoms with Crippen LogP contribution in [0.1, 0.15) is 39.5 Å². The number of aromatic hydroxyl groups is 1. The quantitative estimate of drug-likeness (QED) is 0.612. The molecule has 1 aromatic carbocycles. The molecular formula is C26H30FN5O2. The Morgan fingerprint density at radius 3 is 2.41 bits per heavy atom. The van der Waals surface area contributed by atoms with Crippen molar-refractivity contribution in [3.63, 3.8) is 0 Å². The first kappa shape index (κ1) is 22.5. The summed E-state index contributed by atoms with van der Waals surface area (Å²) in [7, 11) is 3.67. The van der Waals surface area contributed by atoms with E-state index in [2.05, 4.69) is 34.3 Å². The van der Waals surface area contributed by atoms with Gasteiger partial charge in [-0.15, -0.1) is 10.2 Å². The van der Waals surface area contributed by atoms with Crippen LogP contribution in [0.25, 0.3) is 22.4 Å². The lowest BCUT2D eigenvalue weighted by atomic mass is 9.84. The van der Waals surface area contributed by atoms with Gasteiger partial charge in [-0.25, -0.2) is 4.39 Å². The maximum Gasteiger partial charge on any atom is 0.250 e. The molecule has 0 amide bonds. The molecule has 2 N–H and O–H groups in total. The first-order valence-corrected chi connectivity index (χ1v) is 11.6. The van der Waals surface area contributed by atoms with E-state index in [0.29, 0.717) is 17.3 Å². The molecule has 4 heterocycles. The van der Waals surface area contributed by atoms with Crippen LogP contribution in [-0.4, -0.2) is 44.0 Å². The highest BCUT2D eigenvalue weighted by atomic mass is 19.1. The van der Waals surface area contributed by atoms with E-state index in [1.807, 2.05) is 13.1 Å². The van der Waals surface area contributed by atoms with Crippen molar-refractivity contribution in [3.05, 3.63) is 58.8 Å². The molecule has 2 aliphatic heterocycles. The molecule has 2 aliphatic rings. The van der Waals surface area contributed by atoms with Crippen LogP contribution >= 0.6 is 0 Å². The molecule has 7 nitrogen and oxygen atoms in total. The first-order valence-electron chi connectivity index (χ1n) is 11.6. The molecule has 0 aliphatic carbocycles. The molecule has 178 valence electrons. The molecule has 3 aromatic rings. The number of nitrogens with zero attached hydrogens (tertiary/aromatic N) is 4. The van der Waals surface area contributed by atoms with Crippen LogP contribution < -0.4 is 15.8 Å². The van der Waals surface area contributed by atoms with E-state index in [-0.39, 0.29) is 33.5 Å². The highest BCUT2D eigenvalue weighted by molar-refractivity contribution is 5.74. The van der Waals surface area contributed by atoms with Crippen molar-refractivity contribution in [3.8, 4) is 28.1 Å². The molecule has 2 saturated heterocycles. The number of hydrogen-bond acceptors (Lipinski definition) is 6. The molecule has 8 heteroatoms. The van der Waals surface area contributed by atoms with Crippen molar-refractivity contribution in [1.82, 2.24) is 20.1 Å². The fourth-order valence-corrected chi connectivity index (χ4v) is 5.65. The molecular weight excluding hydrogens is 433 g/mol. The minimum Gasteiger partial charge on any atom is -0.507 e. The van der Waals surface area contributed by atoms with Crippen molar-refractivity contribution in [2.24, 2.45) is 7.05 Å². The molecule has 2 aromatic heterocycles. The number of phenolic OH excluding ortho intramolecular Hbond substituents is 1. The second-order valence-corrected chi connectivity index (χ2v) is 10.4. The van der Waals surface area contributed by atoms with E-state index in [1.54, 1.807) is 25.4 Å². The van der Waals surface area contributed by atoms with E-state index in [0.717, 1.165) is 18.7 Å². The van der Waals surface area contributed by atoms with Gasteiger partial charge in [0.1, 0.15) is 11.6 Å². The highest BCUT2D eigenvalue weighted by Crippen LogP contribution is 2.44. The summed E-state index contributed by atoms with van der Waals surface area (Å²) in [4.78, 5) is 14.1. The number of rotatable bonds is 4. The van der Waals surface area contributed by atoms with Crippen molar-refractivity contribution in [2.45, 2.75) is 56.7 Å². The summed E-state index contributed by atoms with van der Waals surface area (Å²) in [6, 6.07) is 9.51. The lowest BCUT2D eigenvalue weighted by molar-refractivity contribution is 0.207. The molecule has 3 atom stereocenters. The molecule has 2 fully saturated rings. The molecule has 5 rings (SSSR count). The van der Waals surface area contributed by atoms with Crippen molar-refractivity contribution < 1.29 is 9.50 Å². The summed E-state index contributed by atoms with van der Waals surface area (Å²) in [5, 5.41) is 23.1. The van der Waals surface area contributed by atoms with Gasteiger partial charge in [0, 0.05) is 54.6 Å². The van der Waals surface area contributed by atoms with Gasteiger partial charge in [-0.05, 0) is 75.4 Å². The fourth-order valence-electron chi connectivity index (χ4n) is 5.65. The van der Waals surface area contributed by atoms with E-state index in [9.17, 15) is 14.3 Å². The Balaban J connectivity index is 1.40. The number of aryl methyl sites for hydroxylation is 1. The number of phenols is 1. The summed E-state index contributed by atoms with van der Waals surface area (Å²) >= 11 is 0. The zero-order valence-corrected chi connectivity index (χ0v) is 20.0. The Morgan fingerprint density at radius 1 is 1.09 bits per heavy atom. The zero-order valence-electron chi connectivity index (χ0n) is 20.0. The van der Waals surface area contributed by atoms with Crippen LogP contribution in [0.4, 0.5) is 10.2 Å². The Labute approximate surface area is 198 Å². The highest BCUT2D eigenvalue weighted by Gasteiger charge is 2.49. The monoisotopic (exact) mass is 463 g/mol. The number of fused-ring (bicyclic) bond motifs is 2. The van der Waals surface area contributed by atoms with Crippen LogP contribution in [0.2, 0.25) is 0 Å². The Kier molecular flexibility index (Phi) is 5.24. The van der Waals surface area contributed by atoms with E-state index < -0.39 is 5.82 Å². The molecule has 2 bridgehead atoms. The smallest absolute Gasteiger partial charge is 0.250 e. The van der Waals surface area contributed by atoms with E-state index >= 15 is 0 Å². The van der Waals surface area contributed by atoms with Gasteiger partial charge in [-0.1, -0.05) is 0 Å². The number of anilines is 1. The SMILES string of the molecule is CN(c1ccc(-c2cc(F)c(-c3ccn(C)c(=O)c3)cc2O)nn1)C1C[C@]2(C)CC[C@](C)(C1)N2. The number of hydrogen-bond donors (Lipinski definition) is 2. The predicted molar refractivity (Wildman–Crippen MR) is 130 cm³/mol. The summed E-state index contributed by atoms with van der Waals surface area (Å²) in [6.45, 7) is 4.59. The molecule has 0 radical (unpaired) electrons. The largest absolute Gasteiger partial charge is 0.507 e. The van der Waals surface area contributed by atoms with Crippen molar-refractivity contribution in [2.75, 3.05) is 11.9 Å². The van der Waals surface area contributed by atoms with Gasteiger partial charge in [0.05, 0.1) is 5.69 Å². The van der Waals surface area contributed by atoms with E-state index in [1.165, 1.54) is 35.6 Å². The summed E-state index contributed by atoms with van der Waals surface area (Å²) < 4.78 is 16.4. The van der Waals surface area contributed by atoms with Gasteiger partial charge in [0.2, 0.25) is 0 Å². The second-order valence-electron chi connectivity index (χ2n) is 10.4. The standard InChI is InChI=1S/C26H30FN5O2/c1-25-8-9-26(2,30-25)15-17(14-25)32(4)23-6-5-21(28-29-23)19-12-20(27)18(13-22(19)33)16-7-10-31(3)24(34)11-16/h5-7,10-13,17,30,33H,8-9,14-15H2,1-4H3/t17?,25-,26+. The molecule has 0 spiro atoms. The zero-order chi connectivity index (χ0) is 24.3. The number of nitrogens with one attached hydrogen (secondary N) is 1. The third-order valence-corrected chi connectivity index (χ3v) is 7.54. The normalized spacial score (nSPS) is 26.0. The third kappa shape index (κ3) is 3.96. The Bertz CT molecular complexity index is 1290. The van der Waals surface area contributed by atoms with Crippen LogP contribution in [0.3, 0.4) is 0 Å². The Morgan fingerprint density at radius 2 is 1.79 bits per heavy atom. The fraction of sp³-hybridized carbons (Fsp3) is 0.423. The van der Waals surface area contributed by atoms with Crippen molar-refractivity contribution >= 4 is 5.82 Å². The number of halogens is 1. The lowest BCUT2D eigenvalue weighted by Gasteiger charge is -2.45. The molecule has 1 unspecified atom stereocenters. The maximum atomic E-state index is 15.0. The number of piperidine rings is 1. The maximum absolute atomic E-state index is 15.0. The third-order valence-electron chi connectivity index (χ3n) is 7.54. The number of benzene rings is 1. The molecule has 34 heavy (non-hydrogen) atoms. The van der Waals surface area contributed by atoms with Gasteiger partial charge in [0.15, 0.2) is 5.82 Å². The predicted octanol–water partition coefficient (Wildman–Crippen LogP) is 3.85. The minimum absolute atomic E-state index is 0.122. The van der Waals surface area contributed by atoms with Crippen LogP contribution in [0.15, 0.2) is 47.4 Å². The van der Waals surface area contributed by atoms with Gasteiger partial charge < -0.3 is 19.9 Å². The molecule has 0 saturated carbocycles. The van der Waals surface area contributed by atoms with Crippen LogP contribution in [-0.2, 0) is 7.05 Å². The summed E-state index contributed by atoms with van der Waals surface area (Å²) in [5.74, 6) is 0.0814. The minimum atomic E-state index is -0.546. The van der Waals surface area contributed by atoms with Gasteiger partial charge >= 0.3 is 0 Å². The summed E-state index contributed by atoms with van der Waals surface area (Å²) in [6.07, 6.45) is 6.00. The summed E-state index contributed by atoms with van der Waals surface area (Å²) in [5.41, 5.74) is 1.24. The van der Waals surface area contributed by atoms with Gasteiger partial charge in [-0.2, -0.15) is 0 Å². The second kappa shape index (κ2) is 7.91. The topological polar surface area (TPSA) is 83.3 Å². The lowest BCUT2D eigenvalue weighted by Crippen LogP contribution is -2.58. The average Bonchev–Trinajstić information content (AvgIpc) is 3.03. The van der Waals surface area contributed by atoms with E-state index in [4.69, 9.17) is 0 Å². The van der Waals surface area contributed by atoms with Crippen LogP contribution in [0, 0.1) is 5.82 Å². The number of aromatic nitrogens is 3. The average molecular weight is 464 g/mol. The first-order chi connectivity index (χ1) is 16.1. The van der Waals surface area contributed by atoms with Gasteiger partial charge in [-0.3, -0.25) is 4.79 Å².